The number of fused-ring (bicyclic) bond motifs is 1. The molecule has 1 aliphatic rings. The minimum Gasteiger partial charge on any atom is -0.486 e. The average molecular weight is 430 g/mol. The van der Waals surface area contributed by atoms with Gasteiger partial charge in [-0.25, -0.2) is 0 Å². The maximum Gasteiger partial charge on any atom is 0.162 e. The molecule has 0 amide bonds. The molecule has 0 N–H and O–H groups in total. The SMILES string of the molecule is CSc1ccccc1C(Br)c1cc2c(cc1Br)OCCO2. The minimum absolute atomic E-state index is 0.103. The summed E-state index contributed by atoms with van der Waals surface area (Å²) in [5.41, 5.74) is 2.39. The second-order valence-electron chi connectivity index (χ2n) is 4.62. The lowest BCUT2D eigenvalue weighted by atomic mass is 10.0. The molecular formula is C16H14Br2O2S. The highest BCUT2D eigenvalue weighted by atomic mass is 79.9. The van der Waals surface area contributed by atoms with Crippen molar-refractivity contribution in [3.8, 4) is 11.5 Å². The van der Waals surface area contributed by atoms with Gasteiger partial charge < -0.3 is 9.47 Å². The molecular weight excluding hydrogens is 416 g/mol. The van der Waals surface area contributed by atoms with Crippen LogP contribution < -0.4 is 9.47 Å². The summed E-state index contributed by atoms with van der Waals surface area (Å²) in [7, 11) is 0. The van der Waals surface area contributed by atoms with E-state index < -0.39 is 0 Å². The molecule has 0 spiro atoms. The summed E-state index contributed by atoms with van der Waals surface area (Å²) < 4.78 is 12.3. The topological polar surface area (TPSA) is 18.5 Å². The standard InChI is InChI=1S/C16H14Br2O2S/c1-21-15-5-3-2-4-10(15)16(18)11-8-13-14(9-12(11)17)20-7-6-19-13/h2-5,8-9,16H,6-7H2,1H3. The quantitative estimate of drug-likeness (QED) is 0.478. The fourth-order valence-corrected chi connectivity index (χ4v) is 4.74. The molecule has 0 aliphatic carbocycles. The number of rotatable bonds is 3. The molecule has 2 aromatic rings. The van der Waals surface area contributed by atoms with Crippen LogP contribution in [0.25, 0.3) is 0 Å². The average Bonchev–Trinajstić information content (AvgIpc) is 2.53. The maximum atomic E-state index is 5.69. The molecule has 0 saturated heterocycles. The van der Waals surface area contributed by atoms with Crippen molar-refractivity contribution in [1.82, 2.24) is 0 Å². The van der Waals surface area contributed by atoms with Gasteiger partial charge in [0.05, 0.1) is 4.83 Å². The molecule has 1 aliphatic heterocycles. The van der Waals surface area contributed by atoms with Crippen LogP contribution in [0.3, 0.4) is 0 Å². The van der Waals surface area contributed by atoms with Crippen LogP contribution in [-0.4, -0.2) is 19.5 Å². The highest BCUT2D eigenvalue weighted by Crippen LogP contribution is 2.44. The molecule has 2 nitrogen and oxygen atoms in total. The first kappa shape index (κ1) is 15.3. The van der Waals surface area contributed by atoms with E-state index in [-0.39, 0.29) is 4.83 Å². The molecule has 110 valence electrons. The number of ether oxygens (including phenoxy) is 2. The molecule has 0 aromatic heterocycles. The zero-order valence-electron chi connectivity index (χ0n) is 11.4. The number of hydrogen-bond acceptors (Lipinski definition) is 3. The van der Waals surface area contributed by atoms with Crippen LogP contribution >= 0.6 is 43.6 Å². The summed E-state index contributed by atoms with van der Waals surface area (Å²) in [4.78, 5) is 1.37. The summed E-state index contributed by atoms with van der Waals surface area (Å²) in [6.45, 7) is 1.20. The first-order valence-corrected chi connectivity index (χ1v) is 9.50. The lowest BCUT2D eigenvalue weighted by Crippen LogP contribution is -2.15. The molecule has 1 unspecified atom stereocenters. The van der Waals surface area contributed by atoms with Gasteiger partial charge in [-0.3, -0.25) is 0 Å². The van der Waals surface area contributed by atoms with Crippen molar-refractivity contribution >= 4 is 43.6 Å². The Balaban J connectivity index is 2.03. The third-order valence-electron chi connectivity index (χ3n) is 3.35. The zero-order chi connectivity index (χ0) is 14.8. The molecule has 2 aromatic carbocycles. The molecule has 0 bridgehead atoms. The van der Waals surface area contributed by atoms with E-state index in [1.165, 1.54) is 10.5 Å². The van der Waals surface area contributed by atoms with Crippen LogP contribution in [0.2, 0.25) is 0 Å². The molecule has 0 fully saturated rings. The fraction of sp³-hybridized carbons (Fsp3) is 0.250. The largest absolute Gasteiger partial charge is 0.486 e. The van der Waals surface area contributed by atoms with Crippen molar-refractivity contribution in [1.29, 1.82) is 0 Å². The number of thioether (sulfide) groups is 1. The van der Waals surface area contributed by atoms with Crippen LogP contribution in [0.1, 0.15) is 16.0 Å². The van der Waals surface area contributed by atoms with E-state index in [2.05, 4.69) is 68.4 Å². The Morgan fingerprint density at radius 3 is 2.43 bits per heavy atom. The number of alkyl halides is 1. The third-order valence-corrected chi connectivity index (χ3v) is 5.83. The van der Waals surface area contributed by atoms with Gasteiger partial charge in [0, 0.05) is 9.37 Å². The zero-order valence-corrected chi connectivity index (χ0v) is 15.4. The summed E-state index contributed by atoms with van der Waals surface area (Å²) in [6, 6.07) is 12.5. The Bertz CT molecular complexity index is 661. The van der Waals surface area contributed by atoms with Gasteiger partial charge in [0.2, 0.25) is 0 Å². The Kier molecular flexibility index (Phi) is 4.82. The van der Waals surface area contributed by atoms with Crippen LogP contribution in [0.5, 0.6) is 11.5 Å². The summed E-state index contributed by atoms with van der Waals surface area (Å²) >= 11 is 9.22. The molecule has 0 saturated carbocycles. The molecule has 1 atom stereocenters. The van der Waals surface area contributed by atoms with Gasteiger partial charge in [-0.2, -0.15) is 0 Å². The predicted molar refractivity (Wildman–Crippen MR) is 94.1 cm³/mol. The summed E-state index contributed by atoms with van der Waals surface area (Å²) in [5.74, 6) is 1.61. The van der Waals surface area contributed by atoms with Gasteiger partial charge in [0.25, 0.3) is 0 Å². The second kappa shape index (κ2) is 6.63. The molecule has 1 heterocycles. The monoisotopic (exact) mass is 428 g/mol. The predicted octanol–water partition coefficient (Wildman–Crippen LogP) is 5.43. The first-order valence-electron chi connectivity index (χ1n) is 6.56. The molecule has 21 heavy (non-hydrogen) atoms. The van der Waals surface area contributed by atoms with Crippen molar-refractivity contribution < 1.29 is 9.47 Å². The van der Waals surface area contributed by atoms with Crippen molar-refractivity contribution in [3.63, 3.8) is 0 Å². The van der Waals surface area contributed by atoms with Crippen LogP contribution in [0.4, 0.5) is 0 Å². The maximum absolute atomic E-state index is 5.69. The Hall–Kier alpha value is -0.650. The Morgan fingerprint density at radius 2 is 1.71 bits per heavy atom. The van der Waals surface area contributed by atoms with Crippen molar-refractivity contribution in [2.75, 3.05) is 19.5 Å². The van der Waals surface area contributed by atoms with Gasteiger partial charge in [0.1, 0.15) is 13.2 Å². The smallest absolute Gasteiger partial charge is 0.162 e. The Labute approximate surface area is 145 Å². The van der Waals surface area contributed by atoms with Crippen molar-refractivity contribution in [2.45, 2.75) is 9.72 Å². The lowest BCUT2D eigenvalue weighted by Gasteiger charge is -2.22. The van der Waals surface area contributed by atoms with Crippen LogP contribution in [-0.2, 0) is 0 Å². The Morgan fingerprint density at radius 1 is 1.05 bits per heavy atom. The van der Waals surface area contributed by atoms with E-state index >= 15 is 0 Å². The fourth-order valence-electron chi connectivity index (χ4n) is 2.32. The molecule has 0 radical (unpaired) electrons. The van der Waals surface area contributed by atoms with Crippen LogP contribution in [0, 0.1) is 0 Å². The highest BCUT2D eigenvalue weighted by Gasteiger charge is 2.21. The number of hydrogen-bond donors (Lipinski definition) is 0. The van der Waals surface area contributed by atoms with E-state index in [1.54, 1.807) is 11.8 Å². The van der Waals surface area contributed by atoms with Crippen molar-refractivity contribution in [3.05, 3.63) is 52.0 Å². The normalized spacial score (nSPS) is 14.8. The van der Waals surface area contributed by atoms with E-state index in [0.29, 0.717) is 13.2 Å². The number of benzene rings is 2. The third kappa shape index (κ3) is 3.10. The second-order valence-corrected chi connectivity index (χ2v) is 7.24. The number of halogens is 2. The van der Waals surface area contributed by atoms with E-state index in [0.717, 1.165) is 21.5 Å². The van der Waals surface area contributed by atoms with E-state index in [1.807, 2.05) is 6.07 Å². The van der Waals surface area contributed by atoms with Gasteiger partial charge in [-0.05, 0) is 35.6 Å². The van der Waals surface area contributed by atoms with Gasteiger partial charge in [-0.1, -0.05) is 50.1 Å². The van der Waals surface area contributed by atoms with Crippen molar-refractivity contribution in [2.24, 2.45) is 0 Å². The first-order chi connectivity index (χ1) is 10.2. The summed E-state index contributed by atoms with van der Waals surface area (Å²) in [5, 5.41) is 0. The summed E-state index contributed by atoms with van der Waals surface area (Å²) in [6.07, 6.45) is 2.09. The van der Waals surface area contributed by atoms with Gasteiger partial charge in [-0.15, -0.1) is 11.8 Å². The molecule has 3 rings (SSSR count). The lowest BCUT2D eigenvalue weighted by molar-refractivity contribution is 0.171. The highest BCUT2D eigenvalue weighted by molar-refractivity contribution is 9.11. The van der Waals surface area contributed by atoms with Gasteiger partial charge in [0.15, 0.2) is 11.5 Å². The minimum atomic E-state index is 0.103. The van der Waals surface area contributed by atoms with Crippen LogP contribution in [0.15, 0.2) is 45.8 Å². The molecule has 5 heteroatoms. The van der Waals surface area contributed by atoms with E-state index in [9.17, 15) is 0 Å². The van der Waals surface area contributed by atoms with Gasteiger partial charge >= 0.3 is 0 Å². The van der Waals surface area contributed by atoms with E-state index in [4.69, 9.17) is 9.47 Å².